The van der Waals surface area contributed by atoms with E-state index in [0.717, 1.165) is 6.42 Å². The Balaban J connectivity index is 3.24. The fraction of sp³-hybridized carbons (Fsp3) is 0.600. The number of carbonyl (C=O) groups is 1. The summed E-state index contributed by atoms with van der Waals surface area (Å²) in [6.07, 6.45) is 1.61. The Labute approximate surface area is 124 Å². The third kappa shape index (κ3) is 3.56. The summed E-state index contributed by atoms with van der Waals surface area (Å²) in [7, 11) is 2.66. The Hall–Kier alpha value is -1.98. The summed E-state index contributed by atoms with van der Waals surface area (Å²) in [4.78, 5) is 26.9. The molecule has 0 fully saturated rings. The summed E-state index contributed by atoms with van der Waals surface area (Å²) >= 11 is 0. The van der Waals surface area contributed by atoms with E-state index in [1.54, 1.807) is 6.92 Å². The van der Waals surface area contributed by atoms with Gasteiger partial charge < -0.3 is 14.6 Å². The maximum atomic E-state index is 12.4. The number of ether oxygens (including phenoxy) is 2. The van der Waals surface area contributed by atoms with Crippen LogP contribution in [0.1, 0.15) is 44.0 Å². The minimum absolute atomic E-state index is 0.00821. The minimum atomic E-state index is -0.675. The van der Waals surface area contributed by atoms with Crippen molar-refractivity contribution in [3.05, 3.63) is 15.9 Å². The van der Waals surface area contributed by atoms with Crippen LogP contribution < -0.4 is 15.0 Å². The molecule has 0 radical (unpaired) electrons. The molecule has 1 heterocycles. The second-order valence-electron chi connectivity index (χ2n) is 5.26. The molecule has 21 heavy (non-hydrogen) atoms. The van der Waals surface area contributed by atoms with Crippen molar-refractivity contribution in [2.24, 2.45) is 11.8 Å². The number of pyridine rings is 1. The number of aromatic amines is 1. The van der Waals surface area contributed by atoms with Gasteiger partial charge >= 0.3 is 0 Å². The highest BCUT2D eigenvalue weighted by atomic mass is 16.5. The van der Waals surface area contributed by atoms with E-state index in [1.807, 2.05) is 13.8 Å². The van der Waals surface area contributed by atoms with Crippen molar-refractivity contribution in [3.8, 4) is 17.4 Å². The second-order valence-corrected chi connectivity index (χ2v) is 5.26. The fourth-order valence-corrected chi connectivity index (χ4v) is 2.24. The first-order valence-electron chi connectivity index (χ1n) is 6.98. The van der Waals surface area contributed by atoms with Gasteiger partial charge in [0.05, 0.1) is 14.2 Å². The van der Waals surface area contributed by atoms with Crippen LogP contribution in [0.4, 0.5) is 0 Å². The van der Waals surface area contributed by atoms with Gasteiger partial charge in [0.2, 0.25) is 11.6 Å². The van der Waals surface area contributed by atoms with Crippen LogP contribution in [0.3, 0.4) is 0 Å². The van der Waals surface area contributed by atoms with Gasteiger partial charge in [-0.25, -0.2) is 0 Å². The average Bonchev–Trinajstić information content (AvgIpc) is 2.46. The Morgan fingerprint density at radius 1 is 1.29 bits per heavy atom. The lowest BCUT2D eigenvalue weighted by Crippen LogP contribution is -2.24. The van der Waals surface area contributed by atoms with Gasteiger partial charge in [0.1, 0.15) is 5.56 Å². The lowest BCUT2D eigenvalue weighted by molar-refractivity contribution is 0.0907. The van der Waals surface area contributed by atoms with Gasteiger partial charge in [-0.15, -0.1) is 0 Å². The Kier molecular flexibility index (Phi) is 5.81. The molecule has 6 heteroatoms. The van der Waals surface area contributed by atoms with Gasteiger partial charge in [-0.1, -0.05) is 27.2 Å². The Morgan fingerprint density at radius 2 is 1.90 bits per heavy atom. The lowest BCUT2D eigenvalue weighted by Gasteiger charge is -2.16. The first-order chi connectivity index (χ1) is 9.87. The highest BCUT2D eigenvalue weighted by molar-refractivity contribution is 6.00. The number of hydrogen-bond acceptors (Lipinski definition) is 5. The SMILES string of the molecule is CC[C@H](C)C[C@H](C)C(=O)c1c(O)c(OC)c(OC)[nH]c1=O. The predicted molar refractivity (Wildman–Crippen MR) is 79.4 cm³/mol. The molecule has 0 saturated carbocycles. The summed E-state index contributed by atoms with van der Waals surface area (Å²) in [6.45, 7) is 5.84. The van der Waals surface area contributed by atoms with E-state index in [0.29, 0.717) is 12.3 Å². The Bertz CT molecular complexity index is 564. The van der Waals surface area contributed by atoms with Crippen LogP contribution in [-0.2, 0) is 0 Å². The molecule has 1 aromatic rings. The molecule has 1 aromatic heterocycles. The Morgan fingerprint density at radius 3 is 2.38 bits per heavy atom. The molecule has 0 amide bonds. The second kappa shape index (κ2) is 7.15. The molecule has 2 N–H and O–H groups in total. The van der Waals surface area contributed by atoms with Gasteiger partial charge in [-0.05, 0) is 12.3 Å². The maximum Gasteiger partial charge on any atom is 0.265 e. The molecule has 2 atom stereocenters. The molecule has 1 rings (SSSR count). The van der Waals surface area contributed by atoms with E-state index in [2.05, 4.69) is 4.98 Å². The fourth-order valence-electron chi connectivity index (χ4n) is 2.24. The molecule has 0 aliphatic heterocycles. The average molecular weight is 297 g/mol. The van der Waals surface area contributed by atoms with Crippen LogP contribution in [0.2, 0.25) is 0 Å². The topological polar surface area (TPSA) is 88.6 Å². The number of methoxy groups -OCH3 is 2. The zero-order valence-corrected chi connectivity index (χ0v) is 13.1. The monoisotopic (exact) mass is 297 g/mol. The molecule has 0 aromatic carbocycles. The molecule has 0 unspecified atom stereocenters. The summed E-state index contributed by atoms with van der Waals surface area (Å²) in [5.74, 6) is -0.910. The molecular weight excluding hydrogens is 274 g/mol. The van der Waals surface area contributed by atoms with Crippen molar-refractivity contribution in [1.82, 2.24) is 4.98 Å². The molecular formula is C15H23NO5. The molecule has 0 bridgehead atoms. The third-order valence-corrected chi connectivity index (χ3v) is 3.67. The van der Waals surface area contributed by atoms with Crippen LogP contribution in [0.5, 0.6) is 17.4 Å². The first kappa shape index (κ1) is 17.1. The smallest absolute Gasteiger partial charge is 0.265 e. The standard InChI is InChI=1S/C15H23NO5/c1-6-8(2)7-9(3)11(17)10-12(18)13(20-4)15(21-5)16-14(10)19/h8-9H,6-7H2,1-5H3,(H2,16,18,19)/t8-,9-/m0/s1. The van der Waals surface area contributed by atoms with Crippen molar-refractivity contribution in [3.63, 3.8) is 0 Å². The van der Waals surface area contributed by atoms with Crippen LogP contribution in [0, 0.1) is 11.8 Å². The number of aromatic nitrogens is 1. The number of hydrogen-bond donors (Lipinski definition) is 2. The third-order valence-electron chi connectivity index (χ3n) is 3.67. The van der Waals surface area contributed by atoms with Gasteiger partial charge in [0, 0.05) is 5.92 Å². The highest BCUT2D eigenvalue weighted by Gasteiger charge is 2.27. The highest BCUT2D eigenvalue weighted by Crippen LogP contribution is 2.36. The summed E-state index contributed by atoms with van der Waals surface area (Å²) in [5.41, 5.74) is -0.949. The first-order valence-corrected chi connectivity index (χ1v) is 6.98. The normalized spacial score (nSPS) is 13.6. The largest absolute Gasteiger partial charge is 0.503 e. The van der Waals surface area contributed by atoms with Crippen molar-refractivity contribution in [1.29, 1.82) is 0 Å². The van der Waals surface area contributed by atoms with Crippen molar-refractivity contribution in [2.75, 3.05) is 14.2 Å². The van der Waals surface area contributed by atoms with Crippen LogP contribution in [0.15, 0.2) is 4.79 Å². The van der Waals surface area contributed by atoms with E-state index in [-0.39, 0.29) is 23.1 Å². The molecule has 0 saturated heterocycles. The number of carbonyl (C=O) groups excluding carboxylic acids is 1. The number of nitrogens with one attached hydrogen (secondary N) is 1. The number of H-pyrrole nitrogens is 1. The van der Waals surface area contributed by atoms with E-state index < -0.39 is 17.1 Å². The molecule has 6 nitrogen and oxygen atoms in total. The predicted octanol–water partition coefficient (Wildman–Crippen LogP) is 2.35. The van der Waals surface area contributed by atoms with Gasteiger partial charge in [0.25, 0.3) is 5.56 Å². The van der Waals surface area contributed by atoms with E-state index in [9.17, 15) is 14.7 Å². The zero-order chi connectivity index (χ0) is 16.2. The van der Waals surface area contributed by atoms with Crippen molar-refractivity contribution < 1.29 is 19.4 Å². The number of rotatable bonds is 7. The minimum Gasteiger partial charge on any atom is -0.503 e. The quantitative estimate of drug-likeness (QED) is 0.754. The van der Waals surface area contributed by atoms with Gasteiger partial charge in [-0.3, -0.25) is 14.6 Å². The maximum absolute atomic E-state index is 12.4. The molecule has 0 aliphatic rings. The van der Waals surface area contributed by atoms with E-state index in [4.69, 9.17) is 9.47 Å². The zero-order valence-electron chi connectivity index (χ0n) is 13.1. The van der Waals surface area contributed by atoms with Crippen molar-refractivity contribution >= 4 is 5.78 Å². The van der Waals surface area contributed by atoms with Gasteiger partial charge in [0.15, 0.2) is 11.5 Å². The lowest BCUT2D eigenvalue weighted by atomic mass is 9.89. The van der Waals surface area contributed by atoms with E-state index in [1.165, 1.54) is 14.2 Å². The molecule has 0 aliphatic carbocycles. The molecule has 0 spiro atoms. The number of ketones is 1. The summed E-state index contributed by atoms with van der Waals surface area (Å²) in [5, 5.41) is 10.1. The van der Waals surface area contributed by atoms with E-state index >= 15 is 0 Å². The summed E-state index contributed by atoms with van der Waals surface area (Å²) in [6, 6.07) is 0. The van der Waals surface area contributed by atoms with Crippen LogP contribution >= 0.6 is 0 Å². The number of Topliss-reactive ketones (excluding diaryl/α,β-unsaturated/α-hetero) is 1. The van der Waals surface area contributed by atoms with Crippen LogP contribution in [-0.4, -0.2) is 30.1 Å². The number of aromatic hydroxyl groups is 1. The van der Waals surface area contributed by atoms with Gasteiger partial charge in [-0.2, -0.15) is 0 Å². The van der Waals surface area contributed by atoms with Crippen molar-refractivity contribution in [2.45, 2.75) is 33.6 Å². The molecule has 118 valence electrons. The summed E-state index contributed by atoms with van der Waals surface area (Å²) < 4.78 is 9.92. The van der Waals surface area contributed by atoms with Crippen LogP contribution in [0.25, 0.3) is 0 Å².